The molecule has 0 saturated carbocycles. The molecule has 4 heteroatoms. The quantitative estimate of drug-likeness (QED) is 0.723. The Morgan fingerprint density at radius 3 is 2.54 bits per heavy atom. The zero-order valence-corrected chi connectivity index (χ0v) is 18.6. The van der Waals surface area contributed by atoms with E-state index in [0.717, 1.165) is 30.7 Å². The van der Waals surface area contributed by atoms with E-state index < -0.39 is 0 Å². The smallest absolute Gasteiger partial charge is 0.235 e. The lowest BCUT2D eigenvalue weighted by Crippen LogP contribution is -2.65. The molecule has 0 radical (unpaired) electrons. The fourth-order valence-corrected chi connectivity index (χ4v) is 4.97. The maximum absolute atomic E-state index is 13.1. The van der Waals surface area contributed by atoms with Gasteiger partial charge in [0.25, 0.3) is 0 Å². The Balaban J connectivity index is 0.00000109. The van der Waals surface area contributed by atoms with Gasteiger partial charge in [0.2, 0.25) is 5.91 Å². The first-order chi connectivity index (χ1) is 13.3. The number of likely N-dealkylation sites (N-methyl/N-ethyl adjacent to an activating group) is 1. The summed E-state index contributed by atoms with van der Waals surface area (Å²) in [5, 5.41) is 1.29. The molecule has 28 heavy (non-hydrogen) atoms. The number of hydrogen-bond donors (Lipinski definition) is 0. The van der Waals surface area contributed by atoms with Crippen molar-refractivity contribution in [3.8, 4) is 0 Å². The number of nitrogens with zero attached hydrogens (tertiary/aromatic N) is 3. The number of para-hydroxylation sites is 1. The summed E-state index contributed by atoms with van der Waals surface area (Å²) in [4.78, 5) is 15.1. The number of fused-ring (bicyclic) bond motifs is 2. The van der Waals surface area contributed by atoms with Crippen molar-refractivity contribution in [2.24, 2.45) is 5.92 Å². The van der Waals surface area contributed by atoms with E-state index in [4.69, 9.17) is 0 Å². The molecule has 2 aliphatic heterocycles. The number of carbonyl (C=O) groups excluding carboxylic acids is 1. The molecule has 4 rings (SSSR count). The molecular weight excluding hydrogens is 346 g/mol. The Morgan fingerprint density at radius 2 is 1.89 bits per heavy atom. The first kappa shape index (κ1) is 20.7. The van der Waals surface area contributed by atoms with Gasteiger partial charge in [-0.15, -0.1) is 0 Å². The van der Waals surface area contributed by atoms with Crippen molar-refractivity contribution in [1.82, 2.24) is 9.47 Å². The van der Waals surface area contributed by atoms with E-state index in [9.17, 15) is 4.79 Å². The second-order valence-electron chi connectivity index (χ2n) is 8.53. The highest BCUT2D eigenvalue weighted by molar-refractivity contribution is 5.96. The molecule has 1 aromatic heterocycles. The van der Waals surface area contributed by atoms with Crippen molar-refractivity contribution in [2.75, 3.05) is 33.7 Å². The number of rotatable bonds is 3. The second-order valence-corrected chi connectivity index (χ2v) is 8.53. The molecule has 0 spiro atoms. The Kier molecular flexibility index (Phi) is 5.46. The van der Waals surface area contributed by atoms with Crippen LogP contribution in [0.5, 0.6) is 0 Å². The fourth-order valence-electron chi connectivity index (χ4n) is 4.97. The zero-order valence-electron chi connectivity index (χ0n) is 18.6. The third-order valence-corrected chi connectivity index (χ3v) is 6.89. The maximum atomic E-state index is 13.1. The van der Waals surface area contributed by atoms with E-state index in [2.05, 4.69) is 76.0 Å². The topological polar surface area (TPSA) is 25.2 Å². The fraction of sp³-hybridized carbons (Fsp3) is 0.542. The molecule has 0 fully saturated rings. The Morgan fingerprint density at radius 1 is 1.21 bits per heavy atom. The van der Waals surface area contributed by atoms with Crippen LogP contribution in [0.25, 0.3) is 16.5 Å². The van der Waals surface area contributed by atoms with Gasteiger partial charge < -0.3 is 14.0 Å². The van der Waals surface area contributed by atoms with Gasteiger partial charge in [-0.3, -0.25) is 4.79 Å². The zero-order chi connectivity index (χ0) is 20.7. The summed E-state index contributed by atoms with van der Waals surface area (Å²) in [6.07, 6.45) is 4.50. The molecule has 0 bridgehead atoms. The van der Waals surface area contributed by atoms with E-state index >= 15 is 0 Å². The number of aromatic nitrogens is 1. The van der Waals surface area contributed by atoms with E-state index in [0.29, 0.717) is 0 Å². The van der Waals surface area contributed by atoms with E-state index in [1.54, 1.807) is 0 Å². The summed E-state index contributed by atoms with van der Waals surface area (Å²) < 4.78 is 3.22. The number of amides is 1. The summed E-state index contributed by atoms with van der Waals surface area (Å²) in [5.74, 6) is 0.216. The van der Waals surface area contributed by atoms with Gasteiger partial charge in [0.15, 0.2) is 0 Å². The molecule has 3 heterocycles. The SMILES string of the molecule is CC.CCN(CC)C(=O)C1C=C2c3cccc4ccn(c34)CC2(C)[N+](C)(C)C1. The van der Waals surface area contributed by atoms with Crippen molar-refractivity contribution in [3.05, 3.63) is 42.1 Å². The van der Waals surface area contributed by atoms with Crippen LogP contribution >= 0.6 is 0 Å². The van der Waals surface area contributed by atoms with Gasteiger partial charge in [-0.2, -0.15) is 0 Å². The molecule has 0 N–H and O–H groups in total. The molecule has 152 valence electrons. The highest BCUT2D eigenvalue weighted by Crippen LogP contribution is 2.47. The number of quaternary nitrogens is 1. The minimum absolute atomic E-state index is 0.0274. The van der Waals surface area contributed by atoms with Crippen LogP contribution in [0, 0.1) is 5.92 Å². The molecule has 2 aromatic rings. The molecule has 1 amide bonds. The molecule has 0 aliphatic carbocycles. The molecule has 2 atom stereocenters. The van der Waals surface area contributed by atoms with Crippen LogP contribution in [0.4, 0.5) is 0 Å². The van der Waals surface area contributed by atoms with Crippen molar-refractivity contribution in [1.29, 1.82) is 0 Å². The van der Waals surface area contributed by atoms with Crippen molar-refractivity contribution in [3.63, 3.8) is 0 Å². The number of hydrogen-bond acceptors (Lipinski definition) is 1. The summed E-state index contributed by atoms with van der Waals surface area (Å²) in [7, 11) is 4.56. The summed E-state index contributed by atoms with van der Waals surface area (Å²) in [5.41, 5.74) is 3.92. The molecule has 1 aromatic carbocycles. The standard InChI is InChI=1S/C22H30N3O.C2H6/c1-6-23(7-2)21(26)17-13-19-18-10-8-9-16-11-12-24(20(16)18)15-22(19,3)25(4,5)14-17;1-2/h8-13,17H,6-7,14-15H2,1-5H3;1-2H3/q+1;. The highest BCUT2D eigenvalue weighted by atomic mass is 16.2. The van der Waals surface area contributed by atoms with Gasteiger partial charge in [-0.05, 0) is 26.8 Å². The van der Waals surface area contributed by atoms with E-state index in [1.807, 2.05) is 18.7 Å². The lowest BCUT2D eigenvalue weighted by atomic mass is 9.75. The second kappa shape index (κ2) is 7.40. The lowest BCUT2D eigenvalue weighted by molar-refractivity contribution is -0.934. The summed E-state index contributed by atoms with van der Waals surface area (Å²) in [6.45, 7) is 13.8. The Bertz CT molecular complexity index is 904. The van der Waals surface area contributed by atoms with Crippen LogP contribution in [0.2, 0.25) is 0 Å². The van der Waals surface area contributed by atoms with E-state index in [-0.39, 0.29) is 17.4 Å². The normalized spacial score (nSPS) is 24.7. The van der Waals surface area contributed by atoms with Crippen LogP contribution in [0.3, 0.4) is 0 Å². The average molecular weight is 383 g/mol. The average Bonchev–Trinajstić information content (AvgIpc) is 3.09. The molecule has 2 aliphatic rings. The van der Waals surface area contributed by atoms with Crippen molar-refractivity contribution < 1.29 is 9.28 Å². The highest BCUT2D eigenvalue weighted by Gasteiger charge is 2.53. The van der Waals surface area contributed by atoms with Gasteiger partial charge in [-0.25, -0.2) is 0 Å². The van der Waals surface area contributed by atoms with Crippen molar-refractivity contribution in [2.45, 2.75) is 46.7 Å². The first-order valence-electron chi connectivity index (χ1n) is 10.7. The van der Waals surface area contributed by atoms with Gasteiger partial charge in [0.1, 0.15) is 11.5 Å². The van der Waals surface area contributed by atoms with Crippen molar-refractivity contribution >= 4 is 22.4 Å². The molecule has 2 unspecified atom stereocenters. The first-order valence-corrected chi connectivity index (χ1v) is 10.7. The van der Waals surface area contributed by atoms with E-state index in [1.165, 1.54) is 22.0 Å². The molecular formula is C24H36N3O+. The largest absolute Gasteiger partial charge is 0.343 e. The van der Waals surface area contributed by atoms with Crippen LogP contribution < -0.4 is 0 Å². The number of benzene rings is 1. The van der Waals surface area contributed by atoms with Gasteiger partial charge in [0, 0.05) is 35.8 Å². The third kappa shape index (κ3) is 2.89. The molecule has 4 nitrogen and oxygen atoms in total. The Labute approximate surface area is 170 Å². The van der Waals surface area contributed by atoms with Crippen LogP contribution in [0.1, 0.15) is 40.2 Å². The minimum Gasteiger partial charge on any atom is -0.343 e. The third-order valence-electron chi connectivity index (χ3n) is 6.89. The van der Waals surface area contributed by atoms with Gasteiger partial charge >= 0.3 is 0 Å². The van der Waals surface area contributed by atoms with Gasteiger partial charge in [-0.1, -0.05) is 38.1 Å². The minimum atomic E-state index is -0.0512. The van der Waals surface area contributed by atoms with Crippen LogP contribution in [0.15, 0.2) is 36.5 Å². The van der Waals surface area contributed by atoms with Crippen LogP contribution in [-0.2, 0) is 11.3 Å². The lowest BCUT2D eigenvalue weighted by Gasteiger charge is -2.53. The summed E-state index contributed by atoms with van der Waals surface area (Å²) >= 11 is 0. The predicted molar refractivity (Wildman–Crippen MR) is 118 cm³/mol. The molecule has 0 saturated heterocycles. The predicted octanol–water partition coefficient (Wildman–Crippen LogP) is 4.40. The summed E-state index contributed by atoms with van der Waals surface area (Å²) in [6, 6.07) is 8.76. The van der Waals surface area contributed by atoms with Crippen LogP contribution in [-0.4, -0.2) is 59.1 Å². The maximum Gasteiger partial charge on any atom is 0.235 e. The monoisotopic (exact) mass is 382 g/mol. The Hall–Kier alpha value is -2.07. The van der Waals surface area contributed by atoms with Gasteiger partial charge in [0.05, 0.1) is 32.7 Å². The number of carbonyl (C=O) groups is 1.